The molecule has 1 aliphatic rings. The zero-order valence-electron chi connectivity index (χ0n) is 27.9. The minimum Gasteiger partial charge on any atom is -0.508 e. The molecule has 53 heavy (non-hydrogen) atoms. The van der Waals surface area contributed by atoms with E-state index in [0.717, 1.165) is 16.6 Å². The Morgan fingerprint density at radius 2 is 1.68 bits per heavy atom. The van der Waals surface area contributed by atoms with E-state index in [0.29, 0.717) is 17.3 Å². The van der Waals surface area contributed by atoms with Gasteiger partial charge in [-0.15, -0.1) is 5.10 Å². The van der Waals surface area contributed by atoms with Gasteiger partial charge in [0, 0.05) is 50.3 Å². The van der Waals surface area contributed by atoms with Gasteiger partial charge in [0.15, 0.2) is 17.3 Å². The Morgan fingerprint density at radius 1 is 1.02 bits per heavy atom. The van der Waals surface area contributed by atoms with Gasteiger partial charge in [-0.2, -0.15) is 22.7 Å². The van der Waals surface area contributed by atoms with E-state index in [9.17, 15) is 37.8 Å². The third-order valence-corrected chi connectivity index (χ3v) is 8.56. The third kappa shape index (κ3) is 8.54. The molecule has 0 bridgehead atoms. The van der Waals surface area contributed by atoms with Crippen molar-refractivity contribution >= 4 is 53.5 Å². The fourth-order valence-corrected chi connectivity index (χ4v) is 5.92. The van der Waals surface area contributed by atoms with E-state index in [1.165, 1.54) is 27.9 Å². The Hall–Kier alpha value is -4.82. The molecule has 0 atom stereocenters. The topological polar surface area (TPSA) is 191 Å². The van der Waals surface area contributed by atoms with Crippen molar-refractivity contribution in [3.05, 3.63) is 86.8 Å². The average Bonchev–Trinajstić information content (AvgIpc) is 3.58. The molecule has 1 radical (unpaired) electrons. The van der Waals surface area contributed by atoms with Gasteiger partial charge in [0.25, 0.3) is 11.5 Å². The van der Waals surface area contributed by atoms with Crippen LogP contribution < -0.4 is 15.8 Å². The minimum atomic E-state index is -4.63. The molecule has 4 N–H and O–H groups in total. The van der Waals surface area contributed by atoms with Crippen molar-refractivity contribution in [2.24, 2.45) is 0 Å². The second-order valence-corrected chi connectivity index (χ2v) is 11.8. The molecule has 21 heteroatoms. The number of anilines is 2. The SMILES string of the molecule is CCc1c(N2CCN(C(=O)c3ncnc(C)c3O)CC2)c(=O)n2nc(-c3ccc(O)cc3)nc2n1CC(=O)Nc1ccc(C(F)(F)F)cc1Cl.OS.[V]. The molecule has 1 saturated heterocycles. The summed E-state index contributed by atoms with van der Waals surface area (Å²) in [5.41, 5.74) is -0.303. The zero-order chi connectivity index (χ0) is 37.9. The summed E-state index contributed by atoms with van der Waals surface area (Å²) in [6.45, 7) is 3.67. The Labute approximate surface area is 321 Å². The molecule has 6 rings (SSSR count). The number of alkyl halides is 3. The van der Waals surface area contributed by atoms with Crippen molar-refractivity contribution in [1.82, 2.24) is 34.0 Å². The number of amides is 2. The molecular formula is C32H31ClF3N9O6SV. The number of phenolic OH excluding ortho intramolecular Hbond substituents is 1. The van der Waals surface area contributed by atoms with Gasteiger partial charge in [-0.05, 0) is 68.7 Å². The van der Waals surface area contributed by atoms with Gasteiger partial charge in [-0.1, -0.05) is 18.5 Å². The fourth-order valence-electron chi connectivity index (χ4n) is 5.69. The number of carbonyl (C=O) groups excluding carboxylic acids is 2. The van der Waals surface area contributed by atoms with Crippen LogP contribution in [0.25, 0.3) is 17.2 Å². The van der Waals surface area contributed by atoms with Crippen LogP contribution >= 0.6 is 24.5 Å². The number of benzene rings is 2. The van der Waals surface area contributed by atoms with Gasteiger partial charge >= 0.3 is 6.18 Å². The molecule has 0 unspecified atom stereocenters. The number of nitrogens with one attached hydrogen (secondary N) is 1. The summed E-state index contributed by atoms with van der Waals surface area (Å²) in [4.78, 5) is 56.5. The fraction of sp³-hybridized carbons (Fsp3) is 0.281. The molecule has 15 nitrogen and oxygen atoms in total. The predicted octanol–water partition coefficient (Wildman–Crippen LogP) is 4.29. The van der Waals surface area contributed by atoms with Crippen LogP contribution in [0.2, 0.25) is 5.02 Å². The number of rotatable bonds is 7. The number of hydrogen-bond acceptors (Lipinski definition) is 12. The molecule has 1 aliphatic heterocycles. The van der Waals surface area contributed by atoms with Gasteiger partial charge < -0.3 is 34.4 Å². The maximum absolute atomic E-state index is 14.1. The largest absolute Gasteiger partial charge is 0.508 e. The molecule has 2 amide bonds. The van der Waals surface area contributed by atoms with E-state index in [2.05, 4.69) is 38.3 Å². The summed E-state index contributed by atoms with van der Waals surface area (Å²) in [7, 11) is 0. The van der Waals surface area contributed by atoms with Crippen LogP contribution in [-0.4, -0.2) is 86.8 Å². The molecule has 1 fully saturated rings. The number of thiol groups is 1. The third-order valence-electron chi connectivity index (χ3n) is 8.25. The van der Waals surface area contributed by atoms with Crippen molar-refractivity contribution in [1.29, 1.82) is 0 Å². The monoisotopic (exact) mass is 812 g/mol. The summed E-state index contributed by atoms with van der Waals surface area (Å²) < 4.78 is 48.8. The first-order valence-corrected chi connectivity index (χ1v) is 16.3. The van der Waals surface area contributed by atoms with Gasteiger partial charge in [-0.25, -0.2) is 9.97 Å². The number of phenols is 1. The summed E-state index contributed by atoms with van der Waals surface area (Å²) in [6, 6.07) is 8.56. The van der Waals surface area contributed by atoms with Crippen LogP contribution in [-0.2, 0) is 42.5 Å². The van der Waals surface area contributed by atoms with Crippen molar-refractivity contribution in [2.45, 2.75) is 33.0 Å². The number of nitrogens with zero attached hydrogens (tertiary/aromatic N) is 8. The van der Waals surface area contributed by atoms with Crippen LogP contribution in [0, 0.1) is 6.92 Å². The van der Waals surface area contributed by atoms with E-state index in [1.54, 1.807) is 30.9 Å². The van der Waals surface area contributed by atoms with E-state index < -0.39 is 35.7 Å². The van der Waals surface area contributed by atoms with Crippen molar-refractivity contribution in [3.63, 3.8) is 0 Å². The number of halogens is 4. The second-order valence-electron chi connectivity index (χ2n) is 11.4. The first-order chi connectivity index (χ1) is 24.8. The first kappa shape index (κ1) is 40.9. The zero-order valence-corrected chi connectivity index (χ0v) is 31.0. The normalized spacial score (nSPS) is 12.9. The molecular weight excluding hydrogens is 782 g/mol. The van der Waals surface area contributed by atoms with Crippen LogP contribution in [0.1, 0.15) is 34.4 Å². The Bertz CT molecular complexity index is 2200. The van der Waals surface area contributed by atoms with Gasteiger partial charge in [0.2, 0.25) is 11.7 Å². The standard InChI is InChI=1S/C32H29ClF3N9O5.H2OS.V/c1-3-23-26(42-10-12-43(13-11-42)29(49)25-27(48)17(2)37-16-38-25)30(50)45-31(40-28(41-45)18-4-7-20(46)8-5-18)44(23)15-24(47)39-22-9-6-19(14-21(22)33)32(34,35)36;1-2;/h4-9,14,16,46,48H,3,10-13,15H2,1-2H3,(H,39,47);1-2H;. The molecule has 4 heterocycles. The van der Waals surface area contributed by atoms with Gasteiger partial charge in [0.05, 0.1) is 27.7 Å². The Morgan fingerprint density at radius 3 is 2.28 bits per heavy atom. The maximum Gasteiger partial charge on any atom is 0.416 e. The van der Waals surface area contributed by atoms with E-state index in [-0.39, 0.29) is 102 Å². The number of carbonyl (C=O) groups is 2. The minimum absolute atomic E-state index is 0. The van der Waals surface area contributed by atoms with Crippen LogP contribution in [0.15, 0.2) is 53.6 Å². The van der Waals surface area contributed by atoms with Gasteiger partial charge in [-0.3, -0.25) is 14.4 Å². The van der Waals surface area contributed by atoms with Crippen LogP contribution in [0.5, 0.6) is 11.5 Å². The maximum atomic E-state index is 14.1. The average molecular weight is 813 g/mol. The quantitative estimate of drug-likeness (QED) is 0.116. The molecule has 0 spiro atoms. The van der Waals surface area contributed by atoms with Crippen LogP contribution in [0.3, 0.4) is 0 Å². The molecule has 2 aromatic carbocycles. The summed E-state index contributed by atoms with van der Waals surface area (Å²) in [5.74, 6) is -1.30. The predicted molar refractivity (Wildman–Crippen MR) is 187 cm³/mol. The number of piperazine rings is 1. The van der Waals surface area contributed by atoms with Crippen molar-refractivity contribution in [3.8, 4) is 22.9 Å². The summed E-state index contributed by atoms with van der Waals surface area (Å²) in [6.07, 6.45) is -3.18. The smallest absolute Gasteiger partial charge is 0.416 e. The first-order valence-electron chi connectivity index (χ1n) is 15.5. The van der Waals surface area contributed by atoms with Gasteiger partial charge in [0.1, 0.15) is 24.3 Å². The molecule has 279 valence electrons. The van der Waals surface area contributed by atoms with E-state index in [4.69, 9.17) is 16.2 Å². The number of aryl methyl sites for hydroxylation is 1. The molecule has 0 aliphatic carbocycles. The molecule has 0 saturated carbocycles. The number of hydrogen-bond donors (Lipinski definition) is 5. The second kappa shape index (κ2) is 16.9. The van der Waals surface area contributed by atoms with E-state index in [1.807, 2.05) is 0 Å². The molecule has 3 aromatic heterocycles. The van der Waals surface area contributed by atoms with Crippen LogP contribution in [0.4, 0.5) is 24.5 Å². The number of aromatic hydroxyl groups is 2. The van der Waals surface area contributed by atoms with Crippen molar-refractivity contribution < 1.29 is 56.1 Å². The summed E-state index contributed by atoms with van der Waals surface area (Å²) in [5, 5.41) is 26.8. The number of aromatic nitrogens is 6. The molecule has 5 aromatic rings. The van der Waals surface area contributed by atoms with E-state index >= 15 is 0 Å². The summed E-state index contributed by atoms with van der Waals surface area (Å²) >= 11 is 8.62. The Kier molecular flexibility index (Phi) is 13.1. The van der Waals surface area contributed by atoms with Crippen molar-refractivity contribution in [2.75, 3.05) is 36.4 Å². The Balaban J connectivity index is 0.00000206. The number of fused-ring (bicyclic) bond motifs is 1.